The zero-order chi connectivity index (χ0) is 15.5. The molecule has 0 aromatic heterocycles. The fraction of sp³-hybridized carbons (Fsp3) is 0.857. The monoisotopic (exact) mass is 291 g/mol. The summed E-state index contributed by atoms with van der Waals surface area (Å²) in [5, 5.41) is 10.6. The molecule has 1 unspecified atom stereocenters. The maximum absolute atomic E-state index is 12.5. The second-order valence-corrected chi connectivity index (χ2v) is 9.88. The Morgan fingerprint density at radius 2 is 1.68 bits per heavy atom. The molecule has 114 valence electrons. The van der Waals surface area contributed by atoms with Gasteiger partial charge in [0.25, 0.3) is 0 Å². The summed E-state index contributed by atoms with van der Waals surface area (Å²) in [7, 11) is -3.32. The number of allylic oxidation sites excluding steroid dienone is 1. The molecule has 0 fully saturated rings. The van der Waals surface area contributed by atoms with Gasteiger partial charge in [-0.05, 0) is 54.4 Å². The second-order valence-electron chi connectivity index (χ2n) is 6.90. The van der Waals surface area contributed by atoms with Gasteiger partial charge in [0.05, 0.1) is 10.00 Å². The zero-order valence-electron chi connectivity index (χ0n) is 13.1. The molecule has 1 atom stereocenters. The van der Waals surface area contributed by atoms with E-state index in [0.29, 0.717) is 12.8 Å². The van der Waals surface area contributed by atoms with Crippen molar-refractivity contribution in [2.45, 2.75) is 69.9 Å². The van der Waals surface area contributed by atoms with E-state index in [1.807, 2.05) is 20.8 Å². The van der Waals surface area contributed by atoms with Gasteiger partial charge >= 0.3 is 0 Å². The molecule has 1 N–H and O–H groups in total. The molecule has 19 heavy (non-hydrogen) atoms. The van der Waals surface area contributed by atoms with E-state index < -0.39 is 25.4 Å². The molecule has 0 aromatic rings. The van der Waals surface area contributed by atoms with Gasteiger partial charge in [0.2, 0.25) is 0 Å². The normalized spacial score (nSPS) is 15.6. The van der Waals surface area contributed by atoms with Crippen molar-refractivity contribution in [3.8, 4) is 0 Å². The van der Waals surface area contributed by atoms with Gasteiger partial charge in [0.15, 0.2) is 9.84 Å². The third-order valence-corrected chi connectivity index (χ3v) is 6.11. The van der Waals surface area contributed by atoms with E-state index in [1.165, 1.54) is 0 Å². The van der Waals surface area contributed by atoms with Gasteiger partial charge in [-0.15, -0.1) is 6.58 Å². The van der Waals surface area contributed by atoms with Crippen molar-refractivity contribution >= 4 is 9.84 Å². The van der Waals surface area contributed by atoms with Gasteiger partial charge in [0.1, 0.15) is 0 Å². The van der Waals surface area contributed by atoms with Crippen molar-refractivity contribution in [3.63, 3.8) is 0 Å². The number of hydroxylamine groups is 2. The van der Waals surface area contributed by atoms with Crippen LogP contribution in [0.4, 0.5) is 0 Å². The molecule has 0 spiro atoms. The van der Waals surface area contributed by atoms with Crippen LogP contribution in [-0.2, 0) is 9.84 Å². The average molecular weight is 291 g/mol. The molecular formula is C14H29NO3S. The lowest BCUT2D eigenvalue weighted by atomic mass is 10.1. The molecule has 0 aliphatic carbocycles. The maximum atomic E-state index is 12.5. The maximum Gasteiger partial charge on any atom is 0.159 e. The minimum absolute atomic E-state index is 0.122. The van der Waals surface area contributed by atoms with Crippen LogP contribution in [0.3, 0.4) is 0 Å². The Hall–Kier alpha value is -0.390. The molecule has 0 radical (unpaired) electrons. The molecule has 0 heterocycles. The van der Waals surface area contributed by atoms with E-state index in [4.69, 9.17) is 0 Å². The van der Waals surface area contributed by atoms with E-state index in [1.54, 1.807) is 26.8 Å². The quantitative estimate of drug-likeness (QED) is 0.603. The Morgan fingerprint density at radius 1 is 1.21 bits per heavy atom. The van der Waals surface area contributed by atoms with Crippen molar-refractivity contribution in [3.05, 3.63) is 12.7 Å². The van der Waals surface area contributed by atoms with Crippen LogP contribution in [0.1, 0.15) is 54.4 Å². The Bertz CT molecular complexity index is 388. The SMILES string of the molecule is C=CCCC(CN(O)C(C)(C)C)S(=O)(=O)C(C)(C)C. The van der Waals surface area contributed by atoms with Gasteiger partial charge in [-0.25, -0.2) is 8.42 Å². The van der Waals surface area contributed by atoms with Gasteiger partial charge in [0, 0.05) is 12.1 Å². The van der Waals surface area contributed by atoms with E-state index in [9.17, 15) is 13.6 Å². The smallest absolute Gasteiger partial charge is 0.159 e. The summed E-state index contributed by atoms with van der Waals surface area (Å²) in [6.07, 6.45) is 2.82. The van der Waals surface area contributed by atoms with Gasteiger partial charge in [-0.1, -0.05) is 6.08 Å². The van der Waals surface area contributed by atoms with Crippen LogP contribution in [0.15, 0.2) is 12.7 Å². The van der Waals surface area contributed by atoms with E-state index in [2.05, 4.69) is 6.58 Å². The van der Waals surface area contributed by atoms with Gasteiger partial charge in [-0.2, -0.15) is 5.06 Å². The number of nitrogens with zero attached hydrogens (tertiary/aromatic N) is 1. The molecule has 0 saturated carbocycles. The highest BCUT2D eigenvalue weighted by Crippen LogP contribution is 2.25. The highest BCUT2D eigenvalue weighted by Gasteiger charge is 2.38. The first-order chi connectivity index (χ1) is 8.34. The van der Waals surface area contributed by atoms with E-state index in [-0.39, 0.29) is 6.54 Å². The van der Waals surface area contributed by atoms with E-state index in [0.717, 1.165) is 5.06 Å². The molecule has 0 rings (SSSR count). The zero-order valence-corrected chi connectivity index (χ0v) is 13.9. The van der Waals surface area contributed by atoms with Crippen LogP contribution >= 0.6 is 0 Å². The fourth-order valence-electron chi connectivity index (χ4n) is 1.62. The van der Waals surface area contributed by atoms with Crippen molar-refractivity contribution in [2.75, 3.05) is 6.54 Å². The van der Waals surface area contributed by atoms with Crippen LogP contribution in [0.2, 0.25) is 0 Å². The second kappa shape index (κ2) is 6.37. The minimum Gasteiger partial charge on any atom is -0.313 e. The predicted molar refractivity (Wildman–Crippen MR) is 80.1 cm³/mol. The number of hydrogen-bond donors (Lipinski definition) is 1. The standard InChI is InChI=1S/C14H29NO3S/c1-8-9-10-12(11-15(16)13(2,3)4)19(17,18)14(5,6)7/h8,12,16H,1,9-11H2,2-7H3. The summed E-state index contributed by atoms with van der Waals surface area (Å²) in [5.74, 6) is 0. The molecular weight excluding hydrogens is 262 g/mol. The van der Waals surface area contributed by atoms with Gasteiger partial charge in [-0.3, -0.25) is 0 Å². The van der Waals surface area contributed by atoms with Crippen molar-refractivity contribution in [1.82, 2.24) is 5.06 Å². The molecule has 5 heteroatoms. The van der Waals surface area contributed by atoms with Crippen molar-refractivity contribution < 1.29 is 13.6 Å². The minimum atomic E-state index is -3.32. The van der Waals surface area contributed by atoms with Crippen LogP contribution in [0.5, 0.6) is 0 Å². The highest BCUT2D eigenvalue weighted by atomic mass is 32.2. The third kappa shape index (κ3) is 5.24. The highest BCUT2D eigenvalue weighted by molar-refractivity contribution is 7.93. The van der Waals surface area contributed by atoms with Crippen molar-refractivity contribution in [1.29, 1.82) is 0 Å². The number of hydrogen-bond acceptors (Lipinski definition) is 4. The average Bonchev–Trinajstić information content (AvgIpc) is 2.20. The summed E-state index contributed by atoms with van der Waals surface area (Å²) >= 11 is 0. The summed E-state index contributed by atoms with van der Waals surface area (Å²) in [6, 6.07) is 0. The van der Waals surface area contributed by atoms with Crippen LogP contribution < -0.4 is 0 Å². The molecule has 0 saturated heterocycles. The van der Waals surface area contributed by atoms with Gasteiger partial charge < -0.3 is 5.21 Å². The van der Waals surface area contributed by atoms with Crippen molar-refractivity contribution in [2.24, 2.45) is 0 Å². The third-order valence-electron chi connectivity index (χ3n) is 3.14. The summed E-state index contributed by atoms with van der Waals surface area (Å²) in [4.78, 5) is 0. The first kappa shape index (κ1) is 18.6. The first-order valence-electron chi connectivity index (χ1n) is 6.65. The lowest BCUT2D eigenvalue weighted by Crippen LogP contribution is -2.48. The number of sulfone groups is 1. The summed E-state index contributed by atoms with van der Waals surface area (Å²) < 4.78 is 24.3. The molecule has 0 aliphatic heterocycles. The van der Waals surface area contributed by atoms with Crippen LogP contribution in [0.25, 0.3) is 0 Å². The first-order valence-corrected chi connectivity index (χ1v) is 8.19. The Kier molecular flexibility index (Phi) is 6.24. The Labute approximate surface area is 118 Å². The largest absolute Gasteiger partial charge is 0.313 e. The Balaban J connectivity index is 5.19. The predicted octanol–water partition coefficient (Wildman–Crippen LogP) is 3.02. The summed E-state index contributed by atoms with van der Waals surface area (Å²) in [5.41, 5.74) is -0.472. The molecule has 0 aliphatic rings. The van der Waals surface area contributed by atoms with Crippen LogP contribution in [0, 0.1) is 0 Å². The molecule has 0 amide bonds. The fourth-order valence-corrected chi connectivity index (χ4v) is 3.40. The molecule has 4 nitrogen and oxygen atoms in total. The topological polar surface area (TPSA) is 57.6 Å². The lowest BCUT2D eigenvalue weighted by Gasteiger charge is -2.34. The molecule has 0 aromatic carbocycles. The molecule has 0 bridgehead atoms. The van der Waals surface area contributed by atoms with Crippen LogP contribution in [-0.4, -0.2) is 40.8 Å². The summed E-state index contributed by atoms with van der Waals surface area (Å²) in [6.45, 7) is 14.4. The Morgan fingerprint density at radius 3 is 2.00 bits per heavy atom. The van der Waals surface area contributed by atoms with E-state index >= 15 is 0 Å². The number of rotatable bonds is 6. The lowest BCUT2D eigenvalue weighted by molar-refractivity contribution is -0.155.